The summed E-state index contributed by atoms with van der Waals surface area (Å²) in [4.78, 5) is 33.8. The van der Waals surface area contributed by atoms with Gasteiger partial charge in [-0.3, -0.25) is 9.59 Å². The SMILES string of the molecule is Cc1nc(-c2ccccc2)ncc1C(=O)N1CCC(C(=O)O)C1. The lowest BCUT2D eigenvalue weighted by atomic mass is 10.1. The molecule has 1 aromatic carbocycles. The number of hydrogen-bond acceptors (Lipinski definition) is 4. The molecule has 0 bridgehead atoms. The van der Waals surface area contributed by atoms with E-state index in [-0.39, 0.29) is 12.5 Å². The topological polar surface area (TPSA) is 83.4 Å². The van der Waals surface area contributed by atoms with Gasteiger partial charge in [-0.2, -0.15) is 0 Å². The zero-order valence-corrected chi connectivity index (χ0v) is 12.8. The van der Waals surface area contributed by atoms with Crippen LogP contribution >= 0.6 is 0 Å². The summed E-state index contributed by atoms with van der Waals surface area (Å²) < 4.78 is 0. The summed E-state index contributed by atoms with van der Waals surface area (Å²) in [5, 5.41) is 9.04. The summed E-state index contributed by atoms with van der Waals surface area (Å²) in [6, 6.07) is 9.55. The summed E-state index contributed by atoms with van der Waals surface area (Å²) in [6.07, 6.45) is 2.02. The fraction of sp³-hybridized carbons (Fsp3) is 0.294. The Kier molecular flexibility index (Phi) is 4.06. The molecular weight excluding hydrogens is 294 g/mol. The van der Waals surface area contributed by atoms with E-state index in [4.69, 9.17) is 5.11 Å². The quantitative estimate of drug-likeness (QED) is 0.937. The van der Waals surface area contributed by atoms with Crippen molar-refractivity contribution in [3.8, 4) is 11.4 Å². The van der Waals surface area contributed by atoms with Crippen molar-refractivity contribution in [2.24, 2.45) is 5.92 Å². The van der Waals surface area contributed by atoms with Crippen LogP contribution in [0, 0.1) is 12.8 Å². The average Bonchev–Trinajstić information content (AvgIpc) is 3.05. The Morgan fingerprint density at radius 3 is 2.61 bits per heavy atom. The molecule has 2 aromatic rings. The van der Waals surface area contributed by atoms with E-state index in [0.29, 0.717) is 30.0 Å². The number of carbonyl (C=O) groups excluding carboxylic acids is 1. The largest absolute Gasteiger partial charge is 0.481 e. The van der Waals surface area contributed by atoms with Gasteiger partial charge in [0.15, 0.2) is 5.82 Å². The first kappa shape index (κ1) is 15.1. The highest BCUT2D eigenvalue weighted by atomic mass is 16.4. The zero-order valence-electron chi connectivity index (χ0n) is 12.8. The van der Waals surface area contributed by atoms with Crippen LogP contribution in [0.2, 0.25) is 0 Å². The maximum absolute atomic E-state index is 12.5. The smallest absolute Gasteiger partial charge is 0.308 e. The first-order valence-electron chi connectivity index (χ1n) is 7.47. The second-order valence-electron chi connectivity index (χ2n) is 5.63. The van der Waals surface area contributed by atoms with E-state index >= 15 is 0 Å². The van der Waals surface area contributed by atoms with Crippen molar-refractivity contribution >= 4 is 11.9 Å². The molecule has 1 fully saturated rings. The van der Waals surface area contributed by atoms with Crippen molar-refractivity contribution < 1.29 is 14.7 Å². The van der Waals surface area contributed by atoms with Crippen LogP contribution in [0.1, 0.15) is 22.5 Å². The van der Waals surface area contributed by atoms with Crippen LogP contribution in [-0.4, -0.2) is 44.9 Å². The van der Waals surface area contributed by atoms with Crippen molar-refractivity contribution in [1.29, 1.82) is 0 Å². The highest BCUT2D eigenvalue weighted by Gasteiger charge is 2.32. The third-order valence-electron chi connectivity index (χ3n) is 4.07. The number of amides is 1. The van der Waals surface area contributed by atoms with Crippen LogP contribution < -0.4 is 0 Å². The first-order chi connectivity index (χ1) is 11.1. The lowest BCUT2D eigenvalue weighted by Gasteiger charge is -2.16. The zero-order chi connectivity index (χ0) is 16.4. The molecule has 0 spiro atoms. The molecule has 1 atom stereocenters. The van der Waals surface area contributed by atoms with E-state index in [9.17, 15) is 9.59 Å². The van der Waals surface area contributed by atoms with E-state index in [0.717, 1.165) is 5.56 Å². The number of aliphatic carboxylic acids is 1. The first-order valence-corrected chi connectivity index (χ1v) is 7.47. The fourth-order valence-corrected chi connectivity index (χ4v) is 2.72. The van der Waals surface area contributed by atoms with Gasteiger partial charge in [-0.05, 0) is 13.3 Å². The Balaban J connectivity index is 1.81. The highest BCUT2D eigenvalue weighted by Crippen LogP contribution is 2.21. The van der Waals surface area contributed by atoms with Crippen molar-refractivity contribution in [2.45, 2.75) is 13.3 Å². The molecule has 0 saturated carbocycles. The van der Waals surface area contributed by atoms with Crippen LogP contribution in [0.3, 0.4) is 0 Å². The molecule has 1 unspecified atom stereocenters. The Hall–Kier alpha value is -2.76. The molecule has 1 N–H and O–H groups in total. The second-order valence-corrected chi connectivity index (χ2v) is 5.63. The molecule has 1 amide bonds. The molecular formula is C17H17N3O3. The van der Waals surface area contributed by atoms with Crippen LogP contribution in [0.15, 0.2) is 36.5 Å². The molecule has 2 heterocycles. The molecule has 3 rings (SSSR count). The number of hydrogen-bond donors (Lipinski definition) is 1. The number of rotatable bonds is 3. The monoisotopic (exact) mass is 311 g/mol. The minimum absolute atomic E-state index is 0.203. The summed E-state index contributed by atoms with van der Waals surface area (Å²) in [7, 11) is 0. The number of likely N-dealkylation sites (tertiary alicyclic amines) is 1. The van der Waals surface area contributed by atoms with Crippen molar-refractivity contribution in [3.63, 3.8) is 0 Å². The van der Waals surface area contributed by atoms with Gasteiger partial charge in [-0.15, -0.1) is 0 Å². The molecule has 1 aliphatic rings. The predicted molar refractivity (Wildman–Crippen MR) is 83.9 cm³/mol. The summed E-state index contributed by atoms with van der Waals surface area (Å²) in [5.74, 6) is -0.966. The van der Waals surface area contributed by atoms with Crippen LogP contribution in [0.25, 0.3) is 11.4 Å². The lowest BCUT2D eigenvalue weighted by molar-refractivity contribution is -0.141. The molecule has 0 radical (unpaired) electrons. The maximum atomic E-state index is 12.5. The minimum Gasteiger partial charge on any atom is -0.481 e. The maximum Gasteiger partial charge on any atom is 0.308 e. The van der Waals surface area contributed by atoms with Gasteiger partial charge in [0.25, 0.3) is 5.91 Å². The summed E-state index contributed by atoms with van der Waals surface area (Å²) in [6.45, 7) is 2.47. The second kappa shape index (κ2) is 6.16. The van der Waals surface area contributed by atoms with Crippen molar-refractivity contribution in [2.75, 3.05) is 13.1 Å². The number of benzene rings is 1. The van der Waals surface area contributed by atoms with Gasteiger partial charge in [-0.25, -0.2) is 9.97 Å². The lowest BCUT2D eigenvalue weighted by Crippen LogP contribution is -2.30. The van der Waals surface area contributed by atoms with E-state index in [2.05, 4.69) is 9.97 Å². The number of carboxylic acids is 1. The Morgan fingerprint density at radius 1 is 1.26 bits per heavy atom. The van der Waals surface area contributed by atoms with E-state index in [1.165, 1.54) is 6.20 Å². The number of carboxylic acid groups (broad SMARTS) is 1. The number of carbonyl (C=O) groups is 2. The van der Waals surface area contributed by atoms with Gasteiger partial charge in [0.2, 0.25) is 0 Å². The predicted octanol–water partition coefficient (Wildman–Crippen LogP) is 2.00. The minimum atomic E-state index is -0.854. The fourth-order valence-electron chi connectivity index (χ4n) is 2.72. The Labute approximate surface area is 133 Å². The van der Waals surface area contributed by atoms with Crippen LogP contribution in [-0.2, 0) is 4.79 Å². The number of aromatic nitrogens is 2. The molecule has 0 aliphatic carbocycles. The van der Waals surface area contributed by atoms with E-state index in [1.54, 1.807) is 11.8 Å². The van der Waals surface area contributed by atoms with E-state index in [1.807, 2.05) is 30.3 Å². The number of aryl methyl sites for hydroxylation is 1. The molecule has 6 nitrogen and oxygen atoms in total. The molecule has 1 aliphatic heterocycles. The van der Waals surface area contributed by atoms with Gasteiger partial charge in [0, 0.05) is 24.8 Å². The normalized spacial score (nSPS) is 17.3. The van der Waals surface area contributed by atoms with Gasteiger partial charge in [0.05, 0.1) is 17.2 Å². The molecule has 1 aromatic heterocycles. The Bertz CT molecular complexity index is 746. The van der Waals surface area contributed by atoms with Crippen LogP contribution in [0.4, 0.5) is 0 Å². The Morgan fingerprint density at radius 2 is 2.00 bits per heavy atom. The highest BCUT2D eigenvalue weighted by molar-refractivity contribution is 5.95. The summed E-state index contributed by atoms with van der Waals surface area (Å²) in [5.41, 5.74) is 1.92. The summed E-state index contributed by atoms with van der Waals surface area (Å²) >= 11 is 0. The third kappa shape index (κ3) is 3.06. The van der Waals surface area contributed by atoms with Gasteiger partial charge in [-0.1, -0.05) is 30.3 Å². The van der Waals surface area contributed by atoms with Gasteiger partial charge in [0.1, 0.15) is 0 Å². The third-order valence-corrected chi connectivity index (χ3v) is 4.07. The van der Waals surface area contributed by atoms with Gasteiger partial charge < -0.3 is 10.0 Å². The molecule has 6 heteroatoms. The molecule has 1 saturated heterocycles. The molecule has 118 valence electrons. The molecule has 23 heavy (non-hydrogen) atoms. The van der Waals surface area contributed by atoms with Crippen molar-refractivity contribution in [1.82, 2.24) is 14.9 Å². The van der Waals surface area contributed by atoms with Crippen LogP contribution in [0.5, 0.6) is 0 Å². The standard InChI is InChI=1S/C17H17N3O3/c1-11-14(16(21)20-8-7-13(10-20)17(22)23)9-18-15(19-11)12-5-3-2-4-6-12/h2-6,9,13H,7-8,10H2,1H3,(H,22,23). The van der Waals surface area contributed by atoms with Crippen molar-refractivity contribution in [3.05, 3.63) is 47.8 Å². The number of nitrogens with zero attached hydrogens (tertiary/aromatic N) is 3. The average molecular weight is 311 g/mol. The van der Waals surface area contributed by atoms with E-state index < -0.39 is 11.9 Å². The van der Waals surface area contributed by atoms with Gasteiger partial charge >= 0.3 is 5.97 Å².